The monoisotopic (exact) mass is 264 g/mol. The normalized spacial score (nSPS) is 23.1. The fourth-order valence-electron chi connectivity index (χ4n) is 3.31. The van der Waals surface area contributed by atoms with Crippen molar-refractivity contribution in [2.75, 3.05) is 26.2 Å². The van der Waals surface area contributed by atoms with E-state index in [0.717, 1.165) is 38.5 Å². The maximum atomic E-state index is 9.89. The van der Waals surface area contributed by atoms with Crippen LogP contribution in [-0.4, -0.2) is 51.3 Å². The number of aliphatic hydroxyl groups excluding tert-OH is 1. The summed E-state index contributed by atoms with van der Waals surface area (Å²) < 4.78 is 2.22. The van der Waals surface area contributed by atoms with Gasteiger partial charge in [-0.2, -0.15) is 0 Å². The van der Waals surface area contributed by atoms with Gasteiger partial charge in [-0.1, -0.05) is 6.92 Å². The van der Waals surface area contributed by atoms with Crippen molar-refractivity contribution < 1.29 is 5.11 Å². The average molecular weight is 264 g/mol. The number of nitrogens with zero attached hydrogens (tertiary/aromatic N) is 3. The highest BCUT2D eigenvalue weighted by molar-refractivity contribution is 5.04. The molecule has 0 radical (unpaired) electrons. The molecule has 0 saturated heterocycles. The van der Waals surface area contributed by atoms with Crippen molar-refractivity contribution in [1.29, 1.82) is 0 Å². The van der Waals surface area contributed by atoms with E-state index in [2.05, 4.69) is 32.9 Å². The Bertz CT molecular complexity index is 429. The lowest BCUT2D eigenvalue weighted by molar-refractivity contribution is 0.0786. The van der Waals surface area contributed by atoms with Crippen molar-refractivity contribution >= 4 is 0 Å². The predicted octanol–water partition coefficient (Wildman–Crippen LogP) is 0.449. The summed E-state index contributed by atoms with van der Waals surface area (Å²) in [6.45, 7) is 7.14. The maximum Gasteiger partial charge on any atom is 0.122 e. The van der Waals surface area contributed by atoms with Crippen LogP contribution in [0.1, 0.15) is 25.6 Å². The zero-order valence-electron chi connectivity index (χ0n) is 11.7. The lowest BCUT2D eigenvalue weighted by Gasteiger charge is -2.39. The molecule has 0 aromatic carbocycles. The van der Waals surface area contributed by atoms with Crippen LogP contribution < -0.4 is 5.32 Å². The molecule has 106 valence electrons. The Morgan fingerprint density at radius 1 is 1.47 bits per heavy atom. The number of nitrogens with one attached hydrogen (secondary N) is 1. The summed E-state index contributed by atoms with van der Waals surface area (Å²) in [5.41, 5.74) is -0.108. The fourth-order valence-corrected chi connectivity index (χ4v) is 3.31. The molecular weight excluding hydrogens is 240 g/mol. The molecule has 0 amide bonds. The molecule has 19 heavy (non-hydrogen) atoms. The minimum Gasteiger partial charge on any atom is -0.394 e. The molecule has 5 nitrogen and oxygen atoms in total. The molecule has 5 heteroatoms. The van der Waals surface area contributed by atoms with Crippen molar-refractivity contribution in [3.05, 3.63) is 18.2 Å². The van der Waals surface area contributed by atoms with E-state index in [4.69, 9.17) is 0 Å². The molecule has 1 aliphatic carbocycles. The third kappa shape index (κ3) is 2.55. The second kappa shape index (κ2) is 5.23. The first-order chi connectivity index (χ1) is 9.27. The molecule has 1 atom stereocenters. The van der Waals surface area contributed by atoms with Gasteiger partial charge in [0.05, 0.1) is 18.7 Å². The summed E-state index contributed by atoms with van der Waals surface area (Å²) in [7, 11) is 0. The molecule has 1 saturated carbocycles. The topological polar surface area (TPSA) is 53.3 Å². The maximum absolute atomic E-state index is 9.89. The molecular formula is C14H24N4O. The van der Waals surface area contributed by atoms with Gasteiger partial charge in [-0.15, -0.1) is 0 Å². The van der Waals surface area contributed by atoms with Gasteiger partial charge < -0.3 is 15.0 Å². The predicted molar refractivity (Wildman–Crippen MR) is 73.7 cm³/mol. The van der Waals surface area contributed by atoms with Gasteiger partial charge in [0.15, 0.2) is 0 Å². The molecule has 1 aromatic rings. The lowest BCUT2D eigenvalue weighted by Crippen LogP contribution is -2.58. The quantitative estimate of drug-likeness (QED) is 0.783. The van der Waals surface area contributed by atoms with Gasteiger partial charge in [-0.3, -0.25) is 4.90 Å². The molecule has 0 bridgehead atoms. The Hall–Kier alpha value is -0.910. The standard InChI is InChI=1S/C14H24N4O/c1-2-16-14(11-19,12-3-4-12)10-17-7-8-18-6-5-15-13(18)9-17/h5-6,12,16,19H,2-4,7-11H2,1H3. The molecule has 1 aromatic heterocycles. The third-order valence-corrected chi connectivity index (χ3v) is 4.50. The number of rotatable bonds is 6. The van der Waals surface area contributed by atoms with Crippen molar-refractivity contribution in [3.8, 4) is 0 Å². The van der Waals surface area contributed by atoms with Crippen molar-refractivity contribution in [3.63, 3.8) is 0 Å². The van der Waals surface area contributed by atoms with Gasteiger partial charge in [0.25, 0.3) is 0 Å². The van der Waals surface area contributed by atoms with Gasteiger partial charge in [0.2, 0.25) is 0 Å². The van der Waals surface area contributed by atoms with E-state index < -0.39 is 0 Å². The van der Waals surface area contributed by atoms with Crippen molar-refractivity contribution in [2.24, 2.45) is 5.92 Å². The minimum atomic E-state index is -0.108. The number of hydrogen-bond donors (Lipinski definition) is 2. The van der Waals surface area contributed by atoms with Gasteiger partial charge in [-0.25, -0.2) is 4.98 Å². The smallest absolute Gasteiger partial charge is 0.122 e. The van der Waals surface area contributed by atoms with E-state index in [1.807, 2.05) is 6.20 Å². The van der Waals surface area contributed by atoms with Crippen LogP contribution in [0.2, 0.25) is 0 Å². The highest BCUT2D eigenvalue weighted by Gasteiger charge is 2.45. The highest BCUT2D eigenvalue weighted by atomic mass is 16.3. The van der Waals surface area contributed by atoms with Crippen LogP contribution in [0.4, 0.5) is 0 Å². The second-order valence-electron chi connectivity index (χ2n) is 5.87. The molecule has 3 rings (SSSR count). The van der Waals surface area contributed by atoms with Crippen LogP contribution in [0, 0.1) is 5.92 Å². The van der Waals surface area contributed by atoms with Gasteiger partial charge in [0.1, 0.15) is 5.82 Å². The highest BCUT2D eigenvalue weighted by Crippen LogP contribution is 2.40. The molecule has 2 heterocycles. The first-order valence-electron chi connectivity index (χ1n) is 7.35. The Morgan fingerprint density at radius 2 is 2.32 bits per heavy atom. The lowest BCUT2D eigenvalue weighted by atomic mass is 9.93. The molecule has 1 unspecified atom stereocenters. The first-order valence-corrected chi connectivity index (χ1v) is 7.35. The van der Waals surface area contributed by atoms with Gasteiger partial charge in [-0.05, 0) is 25.3 Å². The molecule has 0 spiro atoms. The molecule has 1 fully saturated rings. The molecule has 2 aliphatic rings. The van der Waals surface area contributed by atoms with E-state index >= 15 is 0 Å². The number of likely N-dealkylation sites (N-methyl/N-ethyl adjacent to an activating group) is 1. The SMILES string of the molecule is CCNC(CO)(CN1CCn2ccnc2C1)C1CC1. The van der Waals surface area contributed by atoms with E-state index in [-0.39, 0.29) is 12.1 Å². The Labute approximate surface area is 114 Å². The first kappa shape index (κ1) is 13.1. The zero-order valence-corrected chi connectivity index (χ0v) is 11.7. The summed E-state index contributed by atoms with van der Waals surface area (Å²) >= 11 is 0. The van der Waals surface area contributed by atoms with Crippen LogP contribution in [0.3, 0.4) is 0 Å². The van der Waals surface area contributed by atoms with E-state index in [1.165, 1.54) is 12.8 Å². The Balaban J connectivity index is 1.69. The van der Waals surface area contributed by atoms with Crippen LogP contribution in [0.25, 0.3) is 0 Å². The van der Waals surface area contributed by atoms with Crippen molar-refractivity contribution in [1.82, 2.24) is 19.8 Å². The summed E-state index contributed by atoms with van der Waals surface area (Å²) in [5, 5.41) is 13.4. The summed E-state index contributed by atoms with van der Waals surface area (Å²) in [6, 6.07) is 0. The summed E-state index contributed by atoms with van der Waals surface area (Å²) in [6.07, 6.45) is 6.42. The van der Waals surface area contributed by atoms with Crippen LogP contribution in [0.5, 0.6) is 0 Å². The number of aliphatic hydroxyl groups is 1. The Kier molecular flexibility index (Phi) is 3.60. The average Bonchev–Trinajstić information content (AvgIpc) is 3.17. The number of fused-ring (bicyclic) bond motifs is 1. The van der Waals surface area contributed by atoms with Crippen LogP contribution >= 0.6 is 0 Å². The fraction of sp³-hybridized carbons (Fsp3) is 0.786. The van der Waals surface area contributed by atoms with Gasteiger partial charge >= 0.3 is 0 Å². The molecule has 1 aliphatic heterocycles. The zero-order chi connectivity index (χ0) is 13.3. The van der Waals surface area contributed by atoms with Crippen LogP contribution in [-0.2, 0) is 13.1 Å². The van der Waals surface area contributed by atoms with E-state index in [0.29, 0.717) is 5.92 Å². The van der Waals surface area contributed by atoms with E-state index in [9.17, 15) is 5.11 Å². The second-order valence-corrected chi connectivity index (χ2v) is 5.87. The van der Waals surface area contributed by atoms with Gasteiger partial charge in [0, 0.05) is 32.0 Å². The van der Waals surface area contributed by atoms with E-state index in [1.54, 1.807) is 0 Å². The largest absolute Gasteiger partial charge is 0.394 e. The van der Waals surface area contributed by atoms with Crippen molar-refractivity contribution in [2.45, 2.75) is 38.4 Å². The number of imidazole rings is 1. The third-order valence-electron chi connectivity index (χ3n) is 4.50. The number of aromatic nitrogens is 2. The van der Waals surface area contributed by atoms with Crippen LogP contribution in [0.15, 0.2) is 12.4 Å². The summed E-state index contributed by atoms with van der Waals surface area (Å²) in [5.74, 6) is 1.78. The molecule has 2 N–H and O–H groups in total. The summed E-state index contributed by atoms with van der Waals surface area (Å²) in [4.78, 5) is 6.84. The minimum absolute atomic E-state index is 0.108. The Morgan fingerprint density at radius 3 is 3.00 bits per heavy atom. The number of hydrogen-bond acceptors (Lipinski definition) is 4.